The van der Waals surface area contributed by atoms with E-state index in [1.165, 1.54) is 13.2 Å². The molecule has 1 aromatic heterocycles. The summed E-state index contributed by atoms with van der Waals surface area (Å²) in [6.07, 6.45) is 0. The lowest BCUT2D eigenvalue weighted by atomic mass is 10.1. The van der Waals surface area contributed by atoms with Crippen molar-refractivity contribution in [3.8, 4) is 5.75 Å². The van der Waals surface area contributed by atoms with E-state index in [1.807, 2.05) is 31.5 Å². The molecule has 0 bridgehead atoms. The van der Waals surface area contributed by atoms with Gasteiger partial charge >= 0.3 is 0 Å². The maximum Gasteiger partial charge on any atom is 0.192 e. The van der Waals surface area contributed by atoms with Gasteiger partial charge in [-0.15, -0.1) is 34.2 Å². The molecule has 1 aromatic carbocycles. The van der Waals surface area contributed by atoms with Gasteiger partial charge in [0.15, 0.2) is 23.4 Å². The summed E-state index contributed by atoms with van der Waals surface area (Å²) in [6, 6.07) is 4.72. The number of nitrogens with one attached hydrogen (secondary N) is 2. The average molecular weight is 506 g/mol. The zero-order chi connectivity index (χ0) is 19.8. The second kappa shape index (κ2) is 11.8. The molecule has 2 aromatic rings. The zero-order valence-corrected chi connectivity index (χ0v) is 19.2. The number of benzene rings is 1. The van der Waals surface area contributed by atoms with Gasteiger partial charge in [-0.1, -0.05) is 6.07 Å². The molecule has 0 saturated carbocycles. The molecule has 0 aliphatic heterocycles. The van der Waals surface area contributed by atoms with Crippen LogP contribution in [0.4, 0.5) is 4.39 Å². The fourth-order valence-corrected chi connectivity index (χ4v) is 2.40. The molecule has 156 valence electrons. The molecule has 0 amide bonds. The maximum atomic E-state index is 14.0. The van der Waals surface area contributed by atoms with E-state index in [0.29, 0.717) is 25.7 Å². The number of aliphatic imine (C=N–C) groups is 1. The van der Waals surface area contributed by atoms with E-state index in [9.17, 15) is 4.39 Å². The van der Waals surface area contributed by atoms with Gasteiger partial charge in [-0.25, -0.2) is 9.38 Å². The van der Waals surface area contributed by atoms with Crippen molar-refractivity contribution in [1.82, 2.24) is 25.4 Å². The highest BCUT2D eigenvalue weighted by Crippen LogP contribution is 2.21. The predicted octanol–water partition coefficient (Wildman–Crippen LogP) is 2.33. The van der Waals surface area contributed by atoms with Crippen molar-refractivity contribution in [2.45, 2.75) is 26.4 Å². The van der Waals surface area contributed by atoms with Gasteiger partial charge in [0.05, 0.1) is 19.8 Å². The minimum atomic E-state index is -0.399. The SMILES string of the molecule is COCCNC(=NCc1nnc(C)n1C)NC(C)c1ccc(OC)c(F)c1.I. The summed E-state index contributed by atoms with van der Waals surface area (Å²) >= 11 is 0. The van der Waals surface area contributed by atoms with Crippen LogP contribution in [0.3, 0.4) is 0 Å². The maximum absolute atomic E-state index is 14.0. The number of nitrogens with zero attached hydrogens (tertiary/aromatic N) is 4. The van der Waals surface area contributed by atoms with Crippen LogP contribution in [-0.4, -0.2) is 48.1 Å². The normalized spacial score (nSPS) is 12.3. The van der Waals surface area contributed by atoms with Gasteiger partial charge < -0.3 is 24.7 Å². The topological polar surface area (TPSA) is 85.6 Å². The number of aryl methyl sites for hydroxylation is 1. The van der Waals surface area contributed by atoms with Gasteiger partial charge in [0, 0.05) is 20.7 Å². The van der Waals surface area contributed by atoms with Crippen LogP contribution in [0.1, 0.15) is 30.2 Å². The standard InChI is InChI=1S/C18H27FN6O2.HI/c1-12(14-6-7-16(27-5)15(19)10-14)22-18(20-8-9-26-4)21-11-17-24-23-13(2)25(17)3;/h6-7,10,12H,8-9,11H2,1-5H3,(H2,20,21,22);1H. The summed E-state index contributed by atoms with van der Waals surface area (Å²) < 4.78 is 25.9. The molecule has 0 saturated heterocycles. The minimum Gasteiger partial charge on any atom is -0.494 e. The van der Waals surface area contributed by atoms with Crippen LogP contribution in [0.5, 0.6) is 5.75 Å². The lowest BCUT2D eigenvalue weighted by Gasteiger charge is -2.19. The van der Waals surface area contributed by atoms with Crippen molar-refractivity contribution in [3.05, 3.63) is 41.2 Å². The molecule has 1 heterocycles. The molecule has 0 radical (unpaired) electrons. The number of aromatic nitrogens is 3. The quantitative estimate of drug-likeness (QED) is 0.248. The number of ether oxygens (including phenoxy) is 2. The third-order valence-electron chi connectivity index (χ3n) is 4.19. The lowest BCUT2D eigenvalue weighted by Crippen LogP contribution is -2.40. The fourth-order valence-electron chi connectivity index (χ4n) is 2.40. The van der Waals surface area contributed by atoms with Crippen molar-refractivity contribution in [2.24, 2.45) is 12.0 Å². The number of methoxy groups -OCH3 is 2. The highest BCUT2D eigenvalue weighted by atomic mass is 127. The predicted molar refractivity (Wildman–Crippen MR) is 117 cm³/mol. The highest BCUT2D eigenvalue weighted by molar-refractivity contribution is 14.0. The van der Waals surface area contributed by atoms with Crippen LogP contribution in [-0.2, 0) is 18.3 Å². The Labute approximate surface area is 181 Å². The van der Waals surface area contributed by atoms with Gasteiger partial charge in [0.25, 0.3) is 0 Å². The first kappa shape index (κ1) is 24.1. The van der Waals surface area contributed by atoms with Gasteiger partial charge in [-0.05, 0) is 31.5 Å². The third kappa shape index (κ3) is 6.59. The number of halogens is 2. The van der Waals surface area contributed by atoms with E-state index < -0.39 is 5.82 Å². The summed E-state index contributed by atoms with van der Waals surface area (Å²) in [5.41, 5.74) is 0.782. The number of hydrogen-bond acceptors (Lipinski definition) is 5. The Morgan fingerprint density at radius 1 is 1.32 bits per heavy atom. The summed E-state index contributed by atoms with van der Waals surface area (Å²) in [4.78, 5) is 4.56. The Hall–Kier alpha value is -1.95. The first-order chi connectivity index (χ1) is 13.0. The Morgan fingerprint density at radius 3 is 2.64 bits per heavy atom. The smallest absolute Gasteiger partial charge is 0.192 e. The van der Waals surface area contributed by atoms with E-state index in [-0.39, 0.29) is 35.8 Å². The average Bonchev–Trinajstić information content (AvgIpc) is 2.98. The molecule has 0 fully saturated rings. The molecule has 2 rings (SSSR count). The van der Waals surface area contributed by atoms with Gasteiger partial charge in [0.2, 0.25) is 0 Å². The summed E-state index contributed by atoms with van der Waals surface area (Å²) in [7, 11) is 4.98. The van der Waals surface area contributed by atoms with E-state index in [4.69, 9.17) is 9.47 Å². The molecular weight excluding hydrogens is 478 g/mol. The second-order valence-electron chi connectivity index (χ2n) is 6.07. The van der Waals surface area contributed by atoms with Crippen LogP contribution in [0, 0.1) is 12.7 Å². The van der Waals surface area contributed by atoms with Crippen LogP contribution in [0.25, 0.3) is 0 Å². The Morgan fingerprint density at radius 2 is 2.07 bits per heavy atom. The summed E-state index contributed by atoms with van der Waals surface area (Å²) in [5.74, 6) is 1.98. The second-order valence-corrected chi connectivity index (χ2v) is 6.07. The highest BCUT2D eigenvalue weighted by Gasteiger charge is 2.12. The molecular formula is C18H28FIN6O2. The van der Waals surface area contributed by atoms with Crippen molar-refractivity contribution < 1.29 is 13.9 Å². The minimum absolute atomic E-state index is 0. The first-order valence-corrected chi connectivity index (χ1v) is 8.68. The van der Waals surface area contributed by atoms with E-state index in [0.717, 1.165) is 17.2 Å². The van der Waals surface area contributed by atoms with Crippen molar-refractivity contribution >= 4 is 29.9 Å². The fraction of sp³-hybridized carbons (Fsp3) is 0.500. The van der Waals surface area contributed by atoms with Gasteiger partial charge in [-0.3, -0.25) is 0 Å². The summed E-state index contributed by atoms with van der Waals surface area (Å²) in [6.45, 7) is 5.31. The number of rotatable bonds is 8. The van der Waals surface area contributed by atoms with E-state index >= 15 is 0 Å². The molecule has 0 spiro atoms. The monoisotopic (exact) mass is 506 g/mol. The van der Waals surface area contributed by atoms with Crippen LogP contribution in [0.15, 0.2) is 23.2 Å². The molecule has 10 heteroatoms. The molecule has 1 atom stereocenters. The lowest BCUT2D eigenvalue weighted by molar-refractivity contribution is 0.203. The molecule has 2 N–H and O–H groups in total. The molecule has 0 aliphatic rings. The molecule has 1 unspecified atom stereocenters. The van der Waals surface area contributed by atoms with Gasteiger partial charge in [-0.2, -0.15) is 0 Å². The Bertz CT molecular complexity index is 783. The van der Waals surface area contributed by atoms with Crippen LogP contribution in [0.2, 0.25) is 0 Å². The van der Waals surface area contributed by atoms with Crippen LogP contribution >= 0.6 is 24.0 Å². The van der Waals surface area contributed by atoms with Gasteiger partial charge in [0.1, 0.15) is 12.4 Å². The Balaban J connectivity index is 0.00000392. The Kier molecular flexibility index (Phi) is 10.1. The largest absolute Gasteiger partial charge is 0.494 e. The van der Waals surface area contributed by atoms with Crippen molar-refractivity contribution in [1.29, 1.82) is 0 Å². The van der Waals surface area contributed by atoms with E-state index in [2.05, 4.69) is 25.8 Å². The van der Waals surface area contributed by atoms with Crippen LogP contribution < -0.4 is 15.4 Å². The number of hydrogen-bond donors (Lipinski definition) is 2. The van der Waals surface area contributed by atoms with E-state index in [1.54, 1.807) is 13.2 Å². The number of guanidine groups is 1. The third-order valence-corrected chi connectivity index (χ3v) is 4.19. The molecule has 8 nitrogen and oxygen atoms in total. The molecule has 0 aliphatic carbocycles. The molecule has 28 heavy (non-hydrogen) atoms. The van der Waals surface area contributed by atoms with Crippen molar-refractivity contribution in [3.63, 3.8) is 0 Å². The summed E-state index contributed by atoms with van der Waals surface area (Å²) in [5, 5.41) is 14.6. The van der Waals surface area contributed by atoms with Crippen molar-refractivity contribution in [2.75, 3.05) is 27.4 Å². The zero-order valence-electron chi connectivity index (χ0n) is 16.8. The first-order valence-electron chi connectivity index (χ1n) is 8.68.